The number of nitrogens with one attached hydrogen (secondary N) is 1. The summed E-state index contributed by atoms with van der Waals surface area (Å²) in [6.07, 6.45) is -0.819. The van der Waals surface area contributed by atoms with E-state index in [1.165, 1.54) is 6.07 Å². The molecule has 0 aromatic heterocycles. The molecule has 0 radical (unpaired) electrons. The van der Waals surface area contributed by atoms with Crippen LogP contribution in [0.15, 0.2) is 54.6 Å². The van der Waals surface area contributed by atoms with E-state index in [1.54, 1.807) is 18.2 Å². The maximum absolute atomic E-state index is 13.6. The minimum absolute atomic E-state index is 0.0984. The third-order valence-electron chi connectivity index (χ3n) is 3.72. The van der Waals surface area contributed by atoms with Gasteiger partial charge in [-0.25, -0.2) is 4.39 Å². The molecule has 1 fully saturated rings. The molecule has 0 bridgehead atoms. The highest BCUT2D eigenvalue weighted by atomic mass is 18.2. The minimum Gasteiger partial charge on any atom is -0.487 e. The number of rotatable bonds is 7. The molecule has 0 spiro atoms. The van der Waals surface area contributed by atoms with Crippen LogP contribution in [0.1, 0.15) is 17.2 Å². The lowest BCUT2D eigenvalue weighted by Crippen LogP contribution is -2.43. The van der Waals surface area contributed by atoms with Gasteiger partial charge in [0.15, 0.2) is 17.6 Å². The number of para-hydroxylation sites is 2. The Labute approximate surface area is 147 Å². The molecule has 1 aliphatic heterocycles. The van der Waals surface area contributed by atoms with Gasteiger partial charge in [0.2, 0.25) is 0 Å². The Morgan fingerprint density at radius 1 is 1.17 bits per heavy atom. The molecule has 1 heterocycles. The van der Waals surface area contributed by atoms with E-state index < -0.39 is 19.3 Å². The summed E-state index contributed by atoms with van der Waals surface area (Å²) < 4.78 is 59.7. The second kappa shape index (κ2) is 8.66. The van der Waals surface area contributed by atoms with Gasteiger partial charge in [-0.05, 0) is 17.7 Å². The number of ether oxygens (including phenoxy) is 3. The molecule has 0 saturated carbocycles. The lowest BCUT2D eigenvalue weighted by atomic mass is 10.0. The van der Waals surface area contributed by atoms with E-state index in [-0.39, 0.29) is 17.6 Å². The first-order chi connectivity index (χ1) is 13.3. The van der Waals surface area contributed by atoms with Gasteiger partial charge < -0.3 is 19.5 Å². The van der Waals surface area contributed by atoms with Crippen LogP contribution in [0.4, 0.5) is 4.39 Å². The van der Waals surface area contributed by atoms with E-state index in [0.717, 1.165) is 12.1 Å². The lowest BCUT2D eigenvalue weighted by molar-refractivity contribution is -0.0439. The van der Waals surface area contributed by atoms with Crippen LogP contribution in [0, 0.1) is 0 Å². The van der Waals surface area contributed by atoms with Gasteiger partial charge in [-0.3, -0.25) is 0 Å². The Kier molecular flexibility index (Phi) is 4.43. The van der Waals surface area contributed by atoms with Crippen LogP contribution in [0.25, 0.3) is 0 Å². The molecule has 24 heavy (non-hydrogen) atoms. The van der Waals surface area contributed by atoms with E-state index >= 15 is 0 Å². The SMILES string of the molecule is [2H]C([2H])([18F])C([2H])([2H])Oc1ccccc1O[C@@H](c1ccccc1)[C@@H]1CNCCO1. The lowest BCUT2D eigenvalue weighted by Gasteiger charge is -2.32. The zero-order valence-electron chi connectivity index (χ0n) is 17.1. The van der Waals surface area contributed by atoms with Gasteiger partial charge in [0.25, 0.3) is 0 Å². The van der Waals surface area contributed by atoms with Crippen LogP contribution >= 0.6 is 0 Å². The number of halogens is 1. The van der Waals surface area contributed by atoms with Gasteiger partial charge in [-0.1, -0.05) is 42.5 Å². The summed E-state index contributed by atoms with van der Waals surface area (Å²) >= 11 is 0. The number of morpholine rings is 1. The van der Waals surface area contributed by atoms with Crippen molar-refractivity contribution in [2.45, 2.75) is 12.2 Å². The van der Waals surface area contributed by atoms with Crippen molar-refractivity contribution in [1.82, 2.24) is 5.32 Å². The number of hydrogen-bond acceptors (Lipinski definition) is 4. The largest absolute Gasteiger partial charge is 0.487 e. The number of alkyl halides is 1. The Morgan fingerprint density at radius 2 is 1.92 bits per heavy atom. The Hall–Kier alpha value is -2.11. The summed E-state index contributed by atoms with van der Waals surface area (Å²) in [6, 6.07) is 15.6. The molecule has 3 rings (SSSR count). The first-order valence-corrected chi connectivity index (χ1v) is 7.79. The predicted octanol–water partition coefficient (Wildman–Crippen LogP) is 3.14. The molecular weight excluding hydrogens is 308 g/mol. The monoisotopic (exact) mass is 334 g/mol. The van der Waals surface area contributed by atoms with Crippen LogP contribution in [0.3, 0.4) is 0 Å². The van der Waals surface area contributed by atoms with E-state index in [4.69, 9.17) is 19.7 Å². The topological polar surface area (TPSA) is 39.7 Å². The van der Waals surface area contributed by atoms with Crippen LogP contribution < -0.4 is 14.8 Å². The molecule has 4 nitrogen and oxygen atoms in total. The normalized spacial score (nSPS) is 22.5. The molecule has 2 aromatic carbocycles. The first-order valence-electron chi connectivity index (χ1n) is 9.79. The van der Waals surface area contributed by atoms with Crippen molar-refractivity contribution in [2.24, 2.45) is 0 Å². The van der Waals surface area contributed by atoms with E-state index in [1.807, 2.05) is 30.3 Å². The quantitative estimate of drug-likeness (QED) is 0.844. The summed E-state index contributed by atoms with van der Waals surface area (Å²) in [5.74, 6) is 0.0670. The second-order valence-electron chi connectivity index (χ2n) is 5.31. The summed E-state index contributed by atoms with van der Waals surface area (Å²) in [5, 5.41) is 3.25. The van der Waals surface area contributed by atoms with Gasteiger partial charge in [0, 0.05) is 13.1 Å². The van der Waals surface area contributed by atoms with Crippen molar-refractivity contribution < 1.29 is 24.1 Å². The zero-order valence-corrected chi connectivity index (χ0v) is 13.1. The standard InChI is InChI=1S/C19H22FNO3/c20-10-12-22-16-8-4-5-9-17(16)24-19(15-6-2-1-3-7-15)18-14-21-11-13-23-18/h1-9,18-19,21H,10-14H2/t18-,19-/m0/s1/i10D2,12D2,20-1. The second-order valence-corrected chi connectivity index (χ2v) is 5.31. The fourth-order valence-corrected chi connectivity index (χ4v) is 2.62. The van der Waals surface area contributed by atoms with E-state index in [9.17, 15) is 4.39 Å². The van der Waals surface area contributed by atoms with Crippen LogP contribution in [0.2, 0.25) is 0 Å². The Bertz CT molecular complexity index is 767. The zero-order chi connectivity index (χ0) is 20.2. The maximum Gasteiger partial charge on any atom is 0.162 e. The molecule has 0 amide bonds. The van der Waals surface area contributed by atoms with Crippen molar-refractivity contribution in [3.63, 3.8) is 0 Å². The smallest absolute Gasteiger partial charge is 0.162 e. The molecule has 1 saturated heterocycles. The first kappa shape index (κ1) is 12.3. The predicted molar refractivity (Wildman–Crippen MR) is 90.3 cm³/mol. The molecule has 0 aliphatic carbocycles. The highest BCUT2D eigenvalue weighted by Gasteiger charge is 2.28. The summed E-state index contributed by atoms with van der Waals surface area (Å²) in [4.78, 5) is 0. The molecule has 2 atom stereocenters. The van der Waals surface area contributed by atoms with E-state index in [0.29, 0.717) is 13.2 Å². The molecule has 0 unspecified atom stereocenters. The van der Waals surface area contributed by atoms with Gasteiger partial charge in [-0.2, -0.15) is 0 Å². The highest BCUT2D eigenvalue weighted by Crippen LogP contribution is 2.33. The third kappa shape index (κ3) is 4.24. The fourth-order valence-electron chi connectivity index (χ4n) is 2.62. The number of hydrogen-bond donors (Lipinski definition) is 1. The average Bonchev–Trinajstić information content (AvgIpc) is 2.67. The van der Waals surface area contributed by atoms with Gasteiger partial charge in [0.1, 0.15) is 19.3 Å². The van der Waals surface area contributed by atoms with Gasteiger partial charge >= 0.3 is 0 Å². The van der Waals surface area contributed by atoms with Crippen molar-refractivity contribution in [3.05, 3.63) is 60.2 Å². The fraction of sp³-hybridized carbons (Fsp3) is 0.368. The summed E-state index contributed by atoms with van der Waals surface area (Å²) in [7, 11) is 0. The Morgan fingerprint density at radius 3 is 2.62 bits per heavy atom. The molecule has 5 heteroatoms. The Balaban J connectivity index is 1.89. The molecule has 1 aliphatic rings. The third-order valence-corrected chi connectivity index (χ3v) is 3.72. The summed E-state index contributed by atoms with van der Waals surface area (Å²) in [5.41, 5.74) is 0.856. The molecule has 2 aromatic rings. The molecule has 128 valence electrons. The number of benzene rings is 2. The molecular formula is C19H22FNO3. The summed E-state index contributed by atoms with van der Waals surface area (Å²) in [6.45, 7) is -5.03. The maximum atomic E-state index is 13.6. The van der Waals surface area contributed by atoms with Crippen LogP contribution in [-0.4, -0.2) is 39.0 Å². The minimum atomic E-state index is -3.69. The van der Waals surface area contributed by atoms with Crippen LogP contribution in [-0.2, 0) is 4.74 Å². The van der Waals surface area contributed by atoms with E-state index in [2.05, 4.69) is 5.32 Å². The van der Waals surface area contributed by atoms with Crippen LogP contribution in [0.5, 0.6) is 11.5 Å². The van der Waals surface area contributed by atoms with Crippen molar-refractivity contribution in [1.29, 1.82) is 0 Å². The van der Waals surface area contributed by atoms with Gasteiger partial charge in [-0.15, -0.1) is 0 Å². The average molecular weight is 334 g/mol. The van der Waals surface area contributed by atoms with Crippen molar-refractivity contribution in [2.75, 3.05) is 32.9 Å². The highest BCUT2D eigenvalue weighted by molar-refractivity contribution is 5.40. The molecule has 1 N–H and O–H groups in total. The van der Waals surface area contributed by atoms with Crippen molar-refractivity contribution >= 4 is 0 Å². The van der Waals surface area contributed by atoms with Gasteiger partial charge in [0.05, 0.1) is 12.1 Å². The van der Waals surface area contributed by atoms with Crippen molar-refractivity contribution in [3.8, 4) is 11.5 Å².